The molecule has 0 heterocycles. The molecule has 0 spiro atoms. The van der Waals surface area contributed by atoms with Crippen molar-refractivity contribution in [2.45, 2.75) is 25.7 Å². The molecule has 0 radical (unpaired) electrons. The Kier molecular flexibility index (Phi) is 7.57. The van der Waals surface area contributed by atoms with Crippen LogP contribution in [0.25, 0.3) is 0 Å². The highest BCUT2D eigenvalue weighted by atomic mass is 16.6. The molecule has 1 fully saturated rings. The van der Waals surface area contributed by atoms with E-state index >= 15 is 0 Å². The van der Waals surface area contributed by atoms with Gasteiger partial charge in [-0.2, -0.15) is 0 Å². The Labute approximate surface area is 118 Å². The van der Waals surface area contributed by atoms with Gasteiger partial charge in [-0.1, -0.05) is 12.8 Å². The maximum absolute atomic E-state index is 11.7. The molecule has 1 aliphatic rings. The topological polar surface area (TPSA) is 78.9 Å². The molecule has 6 nitrogen and oxygen atoms in total. The number of carbonyl (C=O) groups excluding carboxylic acids is 3. The maximum atomic E-state index is 11.7. The van der Waals surface area contributed by atoms with Gasteiger partial charge in [0.05, 0.1) is 6.61 Å². The van der Waals surface area contributed by atoms with Crippen LogP contribution in [-0.4, -0.2) is 44.7 Å². The zero-order valence-corrected chi connectivity index (χ0v) is 11.6. The fraction of sp³-hybridized carbons (Fsp3) is 0.643. The highest BCUT2D eigenvalue weighted by molar-refractivity contribution is 5.93. The molecule has 0 aromatic rings. The van der Waals surface area contributed by atoms with E-state index in [2.05, 4.69) is 0 Å². The number of hydrogen-bond acceptors (Lipinski definition) is 6. The third-order valence-electron chi connectivity index (χ3n) is 3.05. The van der Waals surface area contributed by atoms with E-state index in [0.717, 1.165) is 37.8 Å². The van der Waals surface area contributed by atoms with E-state index in [4.69, 9.17) is 14.2 Å². The van der Waals surface area contributed by atoms with Crippen molar-refractivity contribution in [1.29, 1.82) is 0 Å². The molecule has 0 N–H and O–H groups in total. The first kappa shape index (κ1) is 16.4. The summed E-state index contributed by atoms with van der Waals surface area (Å²) in [5.74, 6) is -1.40. The van der Waals surface area contributed by atoms with Crippen molar-refractivity contribution in [1.82, 2.24) is 0 Å². The summed E-state index contributed by atoms with van der Waals surface area (Å²) in [5, 5.41) is 0. The summed E-state index contributed by atoms with van der Waals surface area (Å²) < 4.78 is 14.2. The van der Waals surface area contributed by atoms with E-state index < -0.39 is 11.9 Å². The zero-order valence-electron chi connectivity index (χ0n) is 11.6. The summed E-state index contributed by atoms with van der Waals surface area (Å²) in [4.78, 5) is 34.1. The lowest BCUT2D eigenvalue weighted by Gasteiger charge is -2.07. The summed E-state index contributed by atoms with van der Waals surface area (Å²) in [6, 6.07) is 0. The molecule has 0 aromatic carbocycles. The van der Waals surface area contributed by atoms with Crippen molar-refractivity contribution in [2.75, 3.05) is 26.9 Å². The number of carbonyl (C=O) groups is 3. The fourth-order valence-corrected chi connectivity index (χ4v) is 1.97. The van der Waals surface area contributed by atoms with Crippen LogP contribution in [0.15, 0.2) is 12.2 Å². The van der Waals surface area contributed by atoms with Gasteiger partial charge in [-0.25, -0.2) is 9.59 Å². The van der Waals surface area contributed by atoms with Gasteiger partial charge in [0.1, 0.15) is 6.61 Å². The molecule has 112 valence electrons. The van der Waals surface area contributed by atoms with Crippen molar-refractivity contribution in [3.05, 3.63) is 12.2 Å². The first-order valence-electron chi connectivity index (χ1n) is 6.66. The normalized spacial score (nSPS) is 15.4. The Balaban J connectivity index is 2.18. The molecule has 0 saturated heterocycles. The Morgan fingerprint density at radius 2 is 1.60 bits per heavy atom. The van der Waals surface area contributed by atoms with Crippen LogP contribution in [0.4, 0.5) is 0 Å². The predicted molar refractivity (Wildman–Crippen MR) is 69.9 cm³/mol. The molecule has 0 unspecified atom stereocenters. The fourth-order valence-electron chi connectivity index (χ4n) is 1.97. The molecule has 1 aliphatic carbocycles. The van der Waals surface area contributed by atoms with Crippen molar-refractivity contribution in [3.8, 4) is 0 Å². The third kappa shape index (κ3) is 6.47. The van der Waals surface area contributed by atoms with Crippen molar-refractivity contribution in [3.63, 3.8) is 0 Å². The van der Waals surface area contributed by atoms with Gasteiger partial charge < -0.3 is 14.2 Å². The summed E-state index contributed by atoms with van der Waals surface area (Å²) in [7, 11) is 1.49. The average molecular weight is 284 g/mol. The number of Topliss-reactive ketones (excluding diaryl/α,β-unsaturated/α-hetero) is 1. The van der Waals surface area contributed by atoms with Crippen LogP contribution >= 0.6 is 0 Å². The minimum Gasteiger partial charge on any atom is -0.460 e. The average Bonchev–Trinajstić information content (AvgIpc) is 2.97. The lowest BCUT2D eigenvalue weighted by Crippen LogP contribution is -2.19. The minimum atomic E-state index is -0.722. The van der Waals surface area contributed by atoms with Gasteiger partial charge in [-0.3, -0.25) is 4.79 Å². The quantitative estimate of drug-likeness (QED) is 0.376. The summed E-state index contributed by atoms with van der Waals surface area (Å²) in [5.41, 5.74) is 0. The van der Waals surface area contributed by atoms with E-state index in [0.29, 0.717) is 6.61 Å². The Hall–Kier alpha value is -1.69. The highest BCUT2D eigenvalue weighted by Crippen LogP contribution is 2.25. The molecule has 0 bridgehead atoms. The number of esters is 2. The predicted octanol–water partition coefficient (Wildman–Crippen LogP) is 1.03. The van der Waals surface area contributed by atoms with E-state index in [1.807, 2.05) is 0 Å². The number of ether oxygens (including phenoxy) is 3. The highest BCUT2D eigenvalue weighted by Gasteiger charge is 2.23. The molecule has 6 heteroatoms. The molecular weight excluding hydrogens is 264 g/mol. The number of methoxy groups -OCH3 is 1. The van der Waals surface area contributed by atoms with E-state index in [1.165, 1.54) is 7.11 Å². The van der Waals surface area contributed by atoms with Crippen LogP contribution in [0.5, 0.6) is 0 Å². The van der Waals surface area contributed by atoms with Crippen LogP contribution < -0.4 is 0 Å². The SMILES string of the molecule is COCCOC(=O)/C=C/C(=O)OCC(=O)C1CCCC1. The largest absolute Gasteiger partial charge is 0.460 e. The second-order valence-corrected chi connectivity index (χ2v) is 4.55. The summed E-state index contributed by atoms with van der Waals surface area (Å²) in [6.07, 6.45) is 5.78. The molecule has 0 amide bonds. The van der Waals surface area contributed by atoms with E-state index in [-0.39, 0.29) is 24.9 Å². The van der Waals surface area contributed by atoms with Crippen LogP contribution in [0.2, 0.25) is 0 Å². The van der Waals surface area contributed by atoms with Gasteiger partial charge in [-0.15, -0.1) is 0 Å². The van der Waals surface area contributed by atoms with Crippen molar-refractivity contribution in [2.24, 2.45) is 5.92 Å². The van der Waals surface area contributed by atoms with E-state index in [9.17, 15) is 14.4 Å². The molecule has 20 heavy (non-hydrogen) atoms. The maximum Gasteiger partial charge on any atom is 0.331 e. The van der Waals surface area contributed by atoms with Crippen LogP contribution in [0.1, 0.15) is 25.7 Å². The molecule has 1 rings (SSSR count). The first-order valence-corrected chi connectivity index (χ1v) is 6.66. The van der Waals surface area contributed by atoms with Crippen LogP contribution in [-0.2, 0) is 28.6 Å². The third-order valence-corrected chi connectivity index (χ3v) is 3.05. The Morgan fingerprint density at radius 1 is 1.00 bits per heavy atom. The van der Waals surface area contributed by atoms with Gasteiger partial charge in [0.25, 0.3) is 0 Å². The summed E-state index contributed by atoms with van der Waals surface area (Å²) in [6.45, 7) is 0.182. The number of rotatable bonds is 8. The molecule has 1 saturated carbocycles. The zero-order chi connectivity index (χ0) is 14.8. The minimum absolute atomic E-state index is 0.0192. The molecular formula is C14H20O6. The first-order chi connectivity index (χ1) is 9.63. The van der Waals surface area contributed by atoms with Crippen molar-refractivity contribution >= 4 is 17.7 Å². The van der Waals surface area contributed by atoms with Crippen LogP contribution in [0.3, 0.4) is 0 Å². The second-order valence-electron chi connectivity index (χ2n) is 4.55. The lowest BCUT2D eigenvalue weighted by atomic mass is 10.0. The molecule has 0 aliphatic heterocycles. The van der Waals surface area contributed by atoms with Gasteiger partial charge >= 0.3 is 11.9 Å². The second kappa shape index (κ2) is 9.25. The Bertz CT molecular complexity index is 368. The monoisotopic (exact) mass is 284 g/mol. The van der Waals surface area contributed by atoms with Crippen LogP contribution in [0, 0.1) is 5.92 Å². The van der Waals surface area contributed by atoms with Gasteiger partial charge in [-0.05, 0) is 12.8 Å². The molecule has 0 atom stereocenters. The lowest BCUT2D eigenvalue weighted by molar-refractivity contribution is -0.145. The Morgan fingerprint density at radius 3 is 2.20 bits per heavy atom. The van der Waals surface area contributed by atoms with Gasteiger partial charge in [0, 0.05) is 25.2 Å². The standard InChI is InChI=1S/C14H20O6/c1-18-8-9-19-13(16)6-7-14(17)20-10-12(15)11-4-2-3-5-11/h6-7,11H,2-5,8-10H2,1H3/b7-6+. The molecule has 0 aromatic heterocycles. The number of hydrogen-bond donors (Lipinski definition) is 0. The van der Waals surface area contributed by atoms with E-state index in [1.54, 1.807) is 0 Å². The number of ketones is 1. The smallest absolute Gasteiger partial charge is 0.331 e. The van der Waals surface area contributed by atoms with Gasteiger partial charge in [0.15, 0.2) is 12.4 Å². The van der Waals surface area contributed by atoms with Crippen molar-refractivity contribution < 1.29 is 28.6 Å². The summed E-state index contributed by atoms with van der Waals surface area (Å²) >= 11 is 0. The van der Waals surface area contributed by atoms with Gasteiger partial charge in [0.2, 0.25) is 0 Å².